The van der Waals surface area contributed by atoms with Gasteiger partial charge in [-0.2, -0.15) is 0 Å². The molecular weight excluding hydrogens is 292 g/mol. The smallest absolute Gasteiger partial charge is 0.220 e. The SMILES string of the molecule is COC[C@@]1(CC(N)=O)CN(Cc2ccccc2Cl)CCO1. The highest BCUT2D eigenvalue weighted by Gasteiger charge is 2.38. The van der Waals surface area contributed by atoms with E-state index >= 15 is 0 Å². The number of amides is 1. The summed E-state index contributed by atoms with van der Waals surface area (Å²) < 4.78 is 11.0. The minimum absolute atomic E-state index is 0.153. The first-order chi connectivity index (χ1) is 10.0. The average molecular weight is 313 g/mol. The Kier molecular flexibility index (Phi) is 5.58. The van der Waals surface area contributed by atoms with Crippen molar-refractivity contribution in [2.24, 2.45) is 5.73 Å². The number of hydrogen-bond donors (Lipinski definition) is 1. The van der Waals surface area contributed by atoms with Crippen LogP contribution in [0.5, 0.6) is 0 Å². The number of primary amides is 1. The molecular formula is C15H21ClN2O3. The summed E-state index contributed by atoms with van der Waals surface area (Å²) in [5.41, 5.74) is 5.74. The number of carbonyl (C=O) groups is 1. The highest BCUT2D eigenvalue weighted by molar-refractivity contribution is 6.31. The summed E-state index contributed by atoms with van der Waals surface area (Å²) in [6.07, 6.45) is 0.153. The third-order valence-electron chi connectivity index (χ3n) is 3.58. The molecule has 1 amide bonds. The van der Waals surface area contributed by atoms with Crippen LogP contribution in [0.1, 0.15) is 12.0 Å². The fourth-order valence-corrected chi connectivity index (χ4v) is 2.95. The number of methoxy groups -OCH3 is 1. The first-order valence-electron chi connectivity index (χ1n) is 6.92. The van der Waals surface area contributed by atoms with Gasteiger partial charge in [0.25, 0.3) is 0 Å². The van der Waals surface area contributed by atoms with Gasteiger partial charge in [0.1, 0.15) is 5.60 Å². The zero-order valence-electron chi connectivity index (χ0n) is 12.2. The van der Waals surface area contributed by atoms with Crippen LogP contribution in [0.2, 0.25) is 5.02 Å². The number of ether oxygens (including phenoxy) is 2. The van der Waals surface area contributed by atoms with Gasteiger partial charge < -0.3 is 15.2 Å². The predicted octanol–water partition coefficient (Wildman–Crippen LogP) is 1.43. The van der Waals surface area contributed by atoms with Gasteiger partial charge in [-0.05, 0) is 11.6 Å². The van der Waals surface area contributed by atoms with Crippen LogP contribution in [-0.4, -0.2) is 49.8 Å². The molecule has 1 atom stereocenters. The monoisotopic (exact) mass is 312 g/mol. The molecule has 1 aliphatic rings. The number of hydrogen-bond acceptors (Lipinski definition) is 4. The second-order valence-corrected chi connectivity index (χ2v) is 5.82. The predicted molar refractivity (Wildman–Crippen MR) is 81.1 cm³/mol. The van der Waals surface area contributed by atoms with Gasteiger partial charge in [0.05, 0.1) is 19.6 Å². The van der Waals surface area contributed by atoms with Crippen LogP contribution in [0.4, 0.5) is 0 Å². The van der Waals surface area contributed by atoms with Gasteiger partial charge >= 0.3 is 0 Å². The Labute approximate surface area is 130 Å². The summed E-state index contributed by atoms with van der Waals surface area (Å²) >= 11 is 6.20. The van der Waals surface area contributed by atoms with E-state index in [4.69, 9.17) is 26.8 Å². The van der Waals surface area contributed by atoms with Crippen LogP contribution >= 0.6 is 11.6 Å². The number of nitrogens with zero attached hydrogens (tertiary/aromatic N) is 1. The van der Waals surface area contributed by atoms with Crippen molar-refractivity contribution >= 4 is 17.5 Å². The first kappa shape index (κ1) is 16.2. The van der Waals surface area contributed by atoms with Crippen LogP contribution in [0.15, 0.2) is 24.3 Å². The maximum Gasteiger partial charge on any atom is 0.220 e. The van der Waals surface area contributed by atoms with E-state index in [1.807, 2.05) is 24.3 Å². The summed E-state index contributed by atoms with van der Waals surface area (Å²) in [5.74, 6) is -0.383. The Morgan fingerprint density at radius 1 is 1.52 bits per heavy atom. The van der Waals surface area contributed by atoms with Gasteiger partial charge in [-0.25, -0.2) is 0 Å². The number of rotatable bonds is 6. The zero-order valence-corrected chi connectivity index (χ0v) is 12.9. The van der Waals surface area contributed by atoms with E-state index in [0.717, 1.165) is 17.1 Å². The van der Waals surface area contributed by atoms with Crippen LogP contribution in [0.25, 0.3) is 0 Å². The van der Waals surface area contributed by atoms with Gasteiger partial charge in [0, 0.05) is 31.8 Å². The van der Waals surface area contributed by atoms with Crippen LogP contribution in [-0.2, 0) is 20.8 Å². The van der Waals surface area contributed by atoms with Crippen molar-refractivity contribution < 1.29 is 14.3 Å². The quantitative estimate of drug-likeness (QED) is 0.863. The van der Waals surface area contributed by atoms with Crippen molar-refractivity contribution in [1.82, 2.24) is 4.90 Å². The summed E-state index contributed by atoms with van der Waals surface area (Å²) in [5, 5.41) is 0.747. The molecule has 0 bridgehead atoms. The van der Waals surface area contributed by atoms with E-state index in [2.05, 4.69) is 4.90 Å². The molecule has 116 valence electrons. The van der Waals surface area contributed by atoms with Crippen LogP contribution in [0.3, 0.4) is 0 Å². The van der Waals surface area contributed by atoms with Crippen molar-refractivity contribution in [3.05, 3.63) is 34.9 Å². The molecule has 0 radical (unpaired) electrons. The van der Waals surface area contributed by atoms with E-state index < -0.39 is 5.60 Å². The van der Waals surface area contributed by atoms with Crippen molar-refractivity contribution in [1.29, 1.82) is 0 Å². The van der Waals surface area contributed by atoms with Crippen molar-refractivity contribution in [3.63, 3.8) is 0 Å². The van der Waals surface area contributed by atoms with Gasteiger partial charge in [0.15, 0.2) is 0 Å². The molecule has 6 heteroatoms. The Morgan fingerprint density at radius 3 is 2.95 bits per heavy atom. The Bertz CT molecular complexity index is 494. The molecule has 0 aliphatic carbocycles. The minimum Gasteiger partial charge on any atom is -0.382 e. The molecule has 0 aromatic heterocycles. The van der Waals surface area contributed by atoms with E-state index in [1.165, 1.54) is 0 Å². The molecule has 2 rings (SSSR count). The third kappa shape index (κ3) is 4.41. The van der Waals surface area contributed by atoms with Crippen molar-refractivity contribution in [3.8, 4) is 0 Å². The number of carbonyl (C=O) groups excluding carboxylic acids is 1. The van der Waals surface area contributed by atoms with E-state index in [1.54, 1.807) is 7.11 Å². The Balaban J connectivity index is 2.08. The standard InChI is InChI=1S/C15H21ClN2O3/c1-20-11-15(8-14(17)19)10-18(6-7-21-15)9-12-4-2-3-5-13(12)16/h2-5H,6-11H2,1H3,(H2,17,19)/t15-/m1/s1. The van der Waals surface area contributed by atoms with Gasteiger partial charge in [-0.15, -0.1) is 0 Å². The van der Waals surface area contributed by atoms with Crippen molar-refractivity contribution in [2.75, 3.05) is 33.4 Å². The first-order valence-corrected chi connectivity index (χ1v) is 7.29. The van der Waals surface area contributed by atoms with E-state index in [-0.39, 0.29) is 12.3 Å². The number of morpholine rings is 1. The van der Waals surface area contributed by atoms with E-state index in [9.17, 15) is 4.79 Å². The molecule has 2 N–H and O–H groups in total. The number of halogens is 1. The summed E-state index contributed by atoms with van der Waals surface area (Å²) in [6, 6.07) is 7.76. The molecule has 1 heterocycles. The topological polar surface area (TPSA) is 64.8 Å². The highest BCUT2D eigenvalue weighted by atomic mass is 35.5. The van der Waals surface area contributed by atoms with Gasteiger partial charge in [0.2, 0.25) is 5.91 Å². The Morgan fingerprint density at radius 2 is 2.29 bits per heavy atom. The molecule has 1 aliphatic heterocycles. The zero-order chi connectivity index (χ0) is 15.3. The molecule has 1 aromatic carbocycles. The molecule has 0 unspecified atom stereocenters. The minimum atomic E-state index is -0.667. The Hall–Kier alpha value is -1.14. The second kappa shape index (κ2) is 7.22. The van der Waals surface area contributed by atoms with Gasteiger partial charge in [-0.3, -0.25) is 9.69 Å². The molecule has 21 heavy (non-hydrogen) atoms. The molecule has 0 saturated carbocycles. The number of nitrogens with two attached hydrogens (primary N) is 1. The number of benzene rings is 1. The summed E-state index contributed by atoms with van der Waals surface area (Å²) in [7, 11) is 1.60. The largest absolute Gasteiger partial charge is 0.382 e. The maximum absolute atomic E-state index is 11.3. The van der Waals surface area contributed by atoms with Crippen molar-refractivity contribution in [2.45, 2.75) is 18.6 Å². The lowest BCUT2D eigenvalue weighted by Crippen LogP contribution is -2.55. The summed E-state index contributed by atoms with van der Waals surface area (Å²) in [6.45, 7) is 2.98. The van der Waals surface area contributed by atoms with Gasteiger partial charge in [-0.1, -0.05) is 29.8 Å². The molecule has 0 spiro atoms. The molecule has 1 fully saturated rings. The maximum atomic E-state index is 11.3. The lowest BCUT2D eigenvalue weighted by Gasteiger charge is -2.42. The lowest BCUT2D eigenvalue weighted by molar-refractivity contribution is -0.154. The lowest BCUT2D eigenvalue weighted by atomic mass is 9.97. The third-order valence-corrected chi connectivity index (χ3v) is 3.95. The second-order valence-electron chi connectivity index (χ2n) is 5.41. The fourth-order valence-electron chi connectivity index (χ4n) is 2.75. The molecule has 1 aromatic rings. The normalized spacial score (nSPS) is 23.1. The van der Waals surface area contributed by atoms with Crippen LogP contribution in [0, 0.1) is 0 Å². The average Bonchev–Trinajstić information content (AvgIpc) is 2.41. The highest BCUT2D eigenvalue weighted by Crippen LogP contribution is 2.25. The van der Waals surface area contributed by atoms with E-state index in [0.29, 0.717) is 26.3 Å². The summed E-state index contributed by atoms with van der Waals surface area (Å²) in [4.78, 5) is 13.5. The fraction of sp³-hybridized carbons (Fsp3) is 0.533. The molecule has 5 nitrogen and oxygen atoms in total. The molecule has 1 saturated heterocycles. The van der Waals surface area contributed by atoms with Crippen LogP contribution < -0.4 is 5.73 Å².